The number of carbonyl (C=O) groups is 2. The number of H-pyrrole nitrogens is 1. The van der Waals surface area contributed by atoms with Gasteiger partial charge in [0.05, 0.1) is 19.1 Å². The molecule has 2 aromatic heterocycles. The van der Waals surface area contributed by atoms with Gasteiger partial charge in [-0.3, -0.25) is 0 Å². The number of hydrogen-bond acceptors (Lipinski definition) is 6. The largest absolute Gasteiger partial charge is 0.464 e. The molecule has 0 fully saturated rings. The normalized spacial score (nSPS) is 10.7. The van der Waals surface area contributed by atoms with E-state index in [1.807, 2.05) is 29.5 Å². The first-order valence-electron chi connectivity index (χ1n) is 8.30. The Hall–Kier alpha value is -1.87. The molecule has 0 spiro atoms. The van der Waals surface area contributed by atoms with Gasteiger partial charge in [-0.1, -0.05) is 17.7 Å². The molecule has 2 heterocycles. The highest BCUT2D eigenvalue weighted by Gasteiger charge is 2.24. The third-order valence-corrected chi connectivity index (χ3v) is 6.68. The van der Waals surface area contributed by atoms with Crippen molar-refractivity contribution in [3.05, 3.63) is 72.9 Å². The van der Waals surface area contributed by atoms with E-state index < -0.39 is 16.0 Å². The molecule has 0 amide bonds. The van der Waals surface area contributed by atoms with Crippen LogP contribution in [0.5, 0.6) is 0 Å². The van der Waals surface area contributed by atoms with Gasteiger partial charge in [0.25, 0.3) is 10.0 Å². The molecule has 3 aromatic rings. The predicted molar refractivity (Wildman–Crippen MR) is 127 cm³/mol. The quantitative estimate of drug-likeness (QED) is 0.338. The third kappa shape index (κ3) is 5.85. The van der Waals surface area contributed by atoms with E-state index in [0.717, 1.165) is 13.1 Å². The van der Waals surface area contributed by atoms with Crippen LogP contribution in [0.1, 0.15) is 26.5 Å². The number of nitrogens with zero attached hydrogens (tertiary/aromatic N) is 1. The molecule has 0 atom stereocenters. The number of hydrogen-bond donors (Lipinski definition) is 1. The average molecular weight is 656 g/mol. The molecule has 0 saturated carbocycles. The van der Waals surface area contributed by atoms with Crippen molar-refractivity contribution in [3.8, 4) is 0 Å². The van der Waals surface area contributed by atoms with Crippen LogP contribution in [-0.2, 0) is 19.5 Å². The highest BCUT2D eigenvalue weighted by atomic mass is 127. The first kappa shape index (κ1) is 24.4. The molecular weight excluding hydrogens is 638 g/mol. The second kappa shape index (κ2) is 10.4. The number of benzene rings is 1. The molecule has 0 aliphatic heterocycles. The van der Waals surface area contributed by atoms with Crippen LogP contribution in [0, 0.1) is 14.1 Å². The fraction of sp³-hybridized carbons (Fsp3) is 0.158. The number of esters is 2. The molecule has 0 aliphatic rings. The summed E-state index contributed by atoms with van der Waals surface area (Å²) >= 11 is 4.06. The number of methoxy groups -OCH3 is 2. The number of aromatic amines is 1. The highest BCUT2D eigenvalue weighted by Crippen LogP contribution is 2.20. The van der Waals surface area contributed by atoms with Crippen LogP contribution in [0.15, 0.2) is 53.7 Å². The van der Waals surface area contributed by atoms with Gasteiger partial charge in [-0.15, -0.1) is 0 Å². The molecule has 160 valence electrons. The van der Waals surface area contributed by atoms with E-state index in [2.05, 4.69) is 37.0 Å². The molecule has 0 radical (unpaired) electrons. The van der Waals surface area contributed by atoms with Gasteiger partial charge >= 0.3 is 11.9 Å². The van der Waals surface area contributed by atoms with E-state index in [1.165, 1.54) is 38.6 Å². The molecule has 0 unspecified atom stereocenters. The lowest BCUT2D eigenvalue weighted by molar-refractivity contribution is 0.0585. The Bertz CT molecular complexity index is 1150. The topological polar surface area (TPSA) is 107 Å². The second-order valence-electron chi connectivity index (χ2n) is 5.87. The zero-order chi connectivity index (χ0) is 22.5. The first-order chi connectivity index (χ1) is 14.1. The predicted octanol–water partition coefficient (Wildman–Crippen LogP) is 3.83. The summed E-state index contributed by atoms with van der Waals surface area (Å²) in [6.07, 6.45) is 3.13. The molecule has 11 heteroatoms. The average Bonchev–Trinajstić information content (AvgIpc) is 3.33. The number of aryl methyl sites for hydroxylation is 1. The van der Waals surface area contributed by atoms with E-state index >= 15 is 0 Å². The number of rotatable bonds is 4. The molecule has 8 nitrogen and oxygen atoms in total. The summed E-state index contributed by atoms with van der Waals surface area (Å²) < 4.78 is 36.8. The van der Waals surface area contributed by atoms with Crippen molar-refractivity contribution in [1.82, 2.24) is 8.96 Å². The Balaban J connectivity index is 0.000000269. The fourth-order valence-corrected chi connectivity index (χ4v) is 4.86. The first-order valence-corrected chi connectivity index (χ1v) is 11.9. The van der Waals surface area contributed by atoms with Gasteiger partial charge in [0.1, 0.15) is 11.4 Å². The zero-order valence-electron chi connectivity index (χ0n) is 16.2. The van der Waals surface area contributed by atoms with Crippen LogP contribution in [-0.4, -0.2) is 43.5 Å². The molecule has 0 bridgehead atoms. The van der Waals surface area contributed by atoms with Gasteiger partial charge in [0, 0.05) is 19.5 Å². The van der Waals surface area contributed by atoms with E-state index in [9.17, 15) is 18.0 Å². The minimum absolute atomic E-state index is 0.0162. The summed E-state index contributed by atoms with van der Waals surface area (Å²) in [6.45, 7) is 1.87. The lowest BCUT2D eigenvalue weighted by Crippen LogP contribution is -2.18. The van der Waals surface area contributed by atoms with E-state index in [-0.39, 0.29) is 16.6 Å². The van der Waals surface area contributed by atoms with Crippen molar-refractivity contribution < 1.29 is 27.5 Å². The standard InChI is InChI=1S/C13H12INO4S.C6H6INO2/c1-9-3-5-11(6-4-9)20(17,18)15-8-10(14)7-12(15)13(16)19-2;1-10-6(9)5-2-4(7)3-8-5/h3-8H,1-2H3;2-3,8H,1H3. The lowest BCUT2D eigenvalue weighted by atomic mass is 10.2. The van der Waals surface area contributed by atoms with E-state index in [0.29, 0.717) is 9.26 Å². The summed E-state index contributed by atoms with van der Waals surface area (Å²) in [5, 5.41) is 0. The van der Waals surface area contributed by atoms with Crippen LogP contribution in [0.25, 0.3) is 0 Å². The van der Waals surface area contributed by atoms with Crippen LogP contribution >= 0.6 is 45.2 Å². The molecule has 1 N–H and O–H groups in total. The lowest BCUT2D eigenvalue weighted by Gasteiger charge is -2.09. The second-order valence-corrected chi connectivity index (χ2v) is 10.2. The van der Waals surface area contributed by atoms with Crippen molar-refractivity contribution >= 4 is 67.1 Å². The Morgan fingerprint density at radius 2 is 1.57 bits per heavy atom. The van der Waals surface area contributed by atoms with Gasteiger partial charge < -0.3 is 14.5 Å². The van der Waals surface area contributed by atoms with Crippen LogP contribution in [0.2, 0.25) is 0 Å². The summed E-state index contributed by atoms with van der Waals surface area (Å²) in [5.41, 5.74) is 1.43. The molecule has 3 rings (SSSR count). The Morgan fingerprint density at radius 3 is 2.07 bits per heavy atom. The smallest absolute Gasteiger partial charge is 0.355 e. The van der Waals surface area contributed by atoms with Crippen LogP contribution < -0.4 is 0 Å². The molecule has 30 heavy (non-hydrogen) atoms. The SMILES string of the molecule is COC(=O)c1cc(I)c[nH]1.COC(=O)c1cc(I)cn1S(=O)(=O)c1ccc(C)cc1. The summed E-state index contributed by atoms with van der Waals surface area (Å²) in [6, 6.07) is 9.64. The highest BCUT2D eigenvalue weighted by molar-refractivity contribution is 14.1. The van der Waals surface area contributed by atoms with E-state index in [1.54, 1.807) is 24.4 Å². The third-order valence-electron chi connectivity index (χ3n) is 3.78. The van der Waals surface area contributed by atoms with Crippen molar-refractivity contribution in [2.75, 3.05) is 14.2 Å². The molecule has 1 aromatic carbocycles. The summed E-state index contributed by atoms with van der Waals surface area (Å²) in [5.74, 6) is -1.02. The van der Waals surface area contributed by atoms with Gasteiger partial charge in [-0.2, -0.15) is 0 Å². The molecule has 0 saturated heterocycles. The molecule has 0 aliphatic carbocycles. The summed E-state index contributed by atoms with van der Waals surface area (Å²) in [4.78, 5) is 25.3. The van der Waals surface area contributed by atoms with Crippen molar-refractivity contribution in [2.24, 2.45) is 0 Å². The monoisotopic (exact) mass is 656 g/mol. The van der Waals surface area contributed by atoms with Crippen molar-refractivity contribution in [2.45, 2.75) is 11.8 Å². The van der Waals surface area contributed by atoms with Gasteiger partial charge in [-0.05, 0) is 76.4 Å². The van der Waals surface area contributed by atoms with Crippen molar-refractivity contribution in [3.63, 3.8) is 0 Å². The van der Waals surface area contributed by atoms with Crippen molar-refractivity contribution in [1.29, 1.82) is 0 Å². The van der Waals surface area contributed by atoms with E-state index in [4.69, 9.17) is 0 Å². The Morgan fingerprint density at radius 1 is 0.967 bits per heavy atom. The minimum atomic E-state index is -3.81. The number of carbonyl (C=O) groups excluding carboxylic acids is 2. The number of nitrogens with one attached hydrogen (secondary N) is 1. The maximum absolute atomic E-state index is 12.6. The fourth-order valence-electron chi connectivity index (χ4n) is 2.28. The Kier molecular flexibility index (Phi) is 8.49. The number of ether oxygens (including phenoxy) is 2. The summed E-state index contributed by atoms with van der Waals surface area (Å²) in [7, 11) is -1.24. The van der Waals surface area contributed by atoms with Gasteiger partial charge in [0.15, 0.2) is 0 Å². The maximum atomic E-state index is 12.6. The van der Waals surface area contributed by atoms with Gasteiger partial charge in [-0.25, -0.2) is 22.0 Å². The molecular formula is C19H18I2N2O6S. The zero-order valence-corrected chi connectivity index (χ0v) is 21.3. The Labute approximate surface area is 201 Å². The minimum Gasteiger partial charge on any atom is -0.464 e. The van der Waals surface area contributed by atoms with Gasteiger partial charge in [0.2, 0.25) is 0 Å². The number of halogens is 2. The maximum Gasteiger partial charge on any atom is 0.355 e. The number of aromatic nitrogens is 2. The van der Waals surface area contributed by atoms with Crippen LogP contribution in [0.4, 0.5) is 0 Å². The van der Waals surface area contributed by atoms with Crippen LogP contribution in [0.3, 0.4) is 0 Å².